The summed E-state index contributed by atoms with van der Waals surface area (Å²) in [5, 5.41) is 5.14. The number of nitrogens with one attached hydrogen (secondary N) is 1. The highest BCUT2D eigenvalue weighted by Crippen LogP contribution is 2.31. The van der Waals surface area contributed by atoms with Crippen molar-refractivity contribution >= 4 is 39.0 Å². The van der Waals surface area contributed by atoms with Crippen molar-refractivity contribution in [2.75, 3.05) is 7.05 Å². The Kier molecular flexibility index (Phi) is 4.40. The molecule has 2 rings (SSSR count). The molecule has 0 fully saturated rings. The maximum Gasteiger partial charge on any atom is 0.154 e. The van der Waals surface area contributed by atoms with E-state index in [-0.39, 0.29) is 0 Å². The minimum Gasteiger partial charge on any atom is -0.316 e. The molecule has 5 heteroatoms. The van der Waals surface area contributed by atoms with Gasteiger partial charge in [-0.2, -0.15) is 0 Å². The number of nitrogens with zero attached hydrogens (tertiary/aromatic N) is 1. The van der Waals surface area contributed by atoms with Crippen LogP contribution >= 0.6 is 39.0 Å². The standard InChI is InChI=1S/C11H11BrN2S2/c1-13-7-8-2-3-9(6-10(8)12)16-11-14-4-5-15-11/h2-6,13H,7H2,1H3. The van der Waals surface area contributed by atoms with Crippen LogP contribution in [0.3, 0.4) is 0 Å². The van der Waals surface area contributed by atoms with Crippen molar-refractivity contribution in [1.29, 1.82) is 0 Å². The Morgan fingerprint density at radius 2 is 2.38 bits per heavy atom. The molecule has 84 valence electrons. The van der Waals surface area contributed by atoms with Gasteiger partial charge < -0.3 is 5.32 Å². The Morgan fingerprint density at radius 3 is 3.00 bits per heavy atom. The maximum atomic E-state index is 4.25. The molecule has 0 aliphatic carbocycles. The molecule has 2 nitrogen and oxygen atoms in total. The van der Waals surface area contributed by atoms with Crippen LogP contribution in [0.15, 0.2) is 43.5 Å². The number of aromatic nitrogens is 1. The highest BCUT2D eigenvalue weighted by molar-refractivity contribution is 9.10. The Bertz CT molecular complexity index is 457. The zero-order valence-electron chi connectivity index (χ0n) is 8.74. The van der Waals surface area contributed by atoms with Gasteiger partial charge >= 0.3 is 0 Å². The summed E-state index contributed by atoms with van der Waals surface area (Å²) in [6, 6.07) is 6.40. The largest absolute Gasteiger partial charge is 0.316 e. The molecular formula is C11H11BrN2S2. The molecule has 0 spiro atoms. The number of benzene rings is 1. The molecule has 1 aromatic heterocycles. The molecule has 0 radical (unpaired) electrons. The first-order valence-electron chi connectivity index (χ1n) is 4.80. The first kappa shape index (κ1) is 12.1. The topological polar surface area (TPSA) is 24.9 Å². The molecule has 0 amide bonds. The average molecular weight is 315 g/mol. The van der Waals surface area contributed by atoms with Crippen LogP contribution in [0.4, 0.5) is 0 Å². The van der Waals surface area contributed by atoms with E-state index in [1.807, 2.05) is 18.6 Å². The average Bonchev–Trinajstić information content (AvgIpc) is 2.75. The molecule has 0 saturated heterocycles. The highest BCUT2D eigenvalue weighted by atomic mass is 79.9. The summed E-state index contributed by atoms with van der Waals surface area (Å²) in [6.45, 7) is 0.878. The molecule has 0 bridgehead atoms. The zero-order chi connectivity index (χ0) is 11.4. The van der Waals surface area contributed by atoms with E-state index in [1.165, 1.54) is 10.5 Å². The van der Waals surface area contributed by atoms with E-state index in [4.69, 9.17) is 0 Å². The van der Waals surface area contributed by atoms with Crippen molar-refractivity contribution in [3.05, 3.63) is 39.8 Å². The summed E-state index contributed by atoms with van der Waals surface area (Å²) in [5.74, 6) is 0. The minimum absolute atomic E-state index is 0.878. The number of thiazole rings is 1. The summed E-state index contributed by atoms with van der Waals surface area (Å²) < 4.78 is 2.22. The predicted octanol–water partition coefficient (Wildman–Crippen LogP) is 3.78. The Balaban J connectivity index is 2.15. The predicted molar refractivity (Wildman–Crippen MR) is 73.1 cm³/mol. The van der Waals surface area contributed by atoms with Crippen molar-refractivity contribution in [2.24, 2.45) is 0 Å². The van der Waals surface area contributed by atoms with Gasteiger partial charge in [0.15, 0.2) is 4.34 Å². The van der Waals surface area contributed by atoms with Gasteiger partial charge in [-0.1, -0.05) is 33.8 Å². The van der Waals surface area contributed by atoms with Crippen LogP contribution in [0, 0.1) is 0 Å². The molecule has 0 unspecified atom stereocenters. The van der Waals surface area contributed by atoms with Crippen LogP contribution in [0.1, 0.15) is 5.56 Å². The molecule has 1 heterocycles. The first-order valence-corrected chi connectivity index (χ1v) is 7.29. The lowest BCUT2D eigenvalue weighted by atomic mass is 10.2. The van der Waals surface area contributed by atoms with E-state index in [9.17, 15) is 0 Å². The van der Waals surface area contributed by atoms with Crippen molar-refractivity contribution < 1.29 is 0 Å². The van der Waals surface area contributed by atoms with E-state index in [1.54, 1.807) is 23.1 Å². The lowest BCUT2D eigenvalue weighted by Gasteiger charge is -2.05. The van der Waals surface area contributed by atoms with Gasteiger partial charge in [0.25, 0.3) is 0 Å². The quantitative estimate of drug-likeness (QED) is 0.929. The van der Waals surface area contributed by atoms with Crippen LogP contribution in [0.5, 0.6) is 0 Å². The third kappa shape index (κ3) is 3.07. The highest BCUT2D eigenvalue weighted by Gasteiger charge is 2.03. The molecule has 0 saturated carbocycles. The lowest BCUT2D eigenvalue weighted by molar-refractivity contribution is 0.813. The van der Waals surface area contributed by atoms with Gasteiger partial charge in [-0.15, -0.1) is 11.3 Å². The zero-order valence-corrected chi connectivity index (χ0v) is 12.0. The smallest absolute Gasteiger partial charge is 0.154 e. The summed E-state index contributed by atoms with van der Waals surface area (Å²) in [6.07, 6.45) is 1.83. The van der Waals surface area contributed by atoms with E-state index in [2.05, 4.69) is 44.4 Å². The first-order chi connectivity index (χ1) is 7.79. The van der Waals surface area contributed by atoms with Crippen LogP contribution in [-0.2, 0) is 6.54 Å². The van der Waals surface area contributed by atoms with E-state index in [0.717, 1.165) is 15.4 Å². The van der Waals surface area contributed by atoms with E-state index in [0.29, 0.717) is 0 Å². The summed E-state index contributed by atoms with van der Waals surface area (Å²) in [4.78, 5) is 5.46. The van der Waals surface area contributed by atoms with E-state index >= 15 is 0 Å². The fraction of sp³-hybridized carbons (Fsp3) is 0.182. The van der Waals surface area contributed by atoms with Gasteiger partial charge in [0.1, 0.15) is 0 Å². The van der Waals surface area contributed by atoms with Gasteiger partial charge in [-0.05, 0) is 24.7 Å². The Labute approximate surface area is 112 Å². The molecule has 2 aromatic rings. The van der Waals surface area contributed by atoms with Crippen molar-refractivity contribution in [3.63, 3.8) is 0 Å². The van der Waals surface area contributed by atoms with Gasteiger partial charge in [0.2, 0.25) is 0 Å². The molecule has 1 N–H and O–H groups in total. The maximum absolute atomic E-state index is 4.25. The molecular weight excluding hydrogens is 304 g/mol. The van der Waals surface area contributed by atoms with Gasteiger partial charge in [-0.3, -0.25) is 0 Å². The SMILES string of the molecule is CNCc1ccc(Sc2nccs2)cc1Br. The van der Waals surface area contributed by atoms with Crippen LogP contribution in [0.25, 0.3) is 0 Å². The van der Waals surface area contributed by atoms with Gasteiger partial charge in [-0.25, -0.2) is 4.98 Å². The van der Waals surface area contributed by atoms with Gasteiger partial charge in [0, 0.05) is 27.5 Å². The minimum atomic E-state index is 0.878. The van der Waals surface area contributed by atoms with Crippen LogP contribution in [0.2, 0.25) is 0 Å². The normalized spacial score (nSPS) is 10.6. The molecule has 1 aromatic carbocycles. The molecule has 16 heavy (non-hydrogen) atoms. The molecule has 0 aliphatic rings. The van der Waals surface area contributed by atoms with Crippen molar-refractivity contribution in [2.45, 2.75) is 15.8 Å². The molecule has 0 atom stereocenters. The van der Waals surface area contributed by atoms with Gasteiger partial charge in [0.05, 0.1) is 0 Å². The fourth-order valence-electron chi connectivity index (χ4n) is 1.29. The second-order valence-corrected chi connectivity index (χ2v) is 6.25. The van der Waals surface area contributed by atoms with Crippen LogP contribution < -0.4 is 5.32 Å². The second-order valence-electron chi connectivity index (χ2n) is 3.18. The fourth-order valence-corrected chi connectivity index (χ4v) is 3.59. The lowest BCUT2D eigenvalue weighted by Crippen LogP contribution is -2.05. The van der Waals surface area contributed by atoms with Crippen molar-refractivity contribution in [3.8, 4) is 0 Å². The summed E-state index contributed by atoms with van der Waals surface area (Å²) in [5.41, 5.74) is 1.27. The second kappa shape index (κ2) is 5.82. The third-order valence-corrected chi connectivity index (χ3v) is 4.62. The van der Waals surface area contributed by atoms with Crippen LogP contribution in [-0.4, -0.2) is 12.0 Å². The number of rotatable bonds is 4. The summed E-state index contributed by atoms with van der Waals surface area (Å²) in [7, 11) is 1.95. The number of hydrogen-bond donors (Lipinski definition) is 1. The Hall–Kier alpha value is -0.360. The van der Waals surface area contributed by atoms with E-state index < -0.39 is 0 Å². The third-order valence-electron chi connectivity index (χ3n) is 2.01. The summed E-state index contributed by atoms with van der Waals surface area (Å²) >= 11 is 6.94. The monoisotopic (exact) mass is 314 g/mol. The van der Waals surface area contributed by atoms with Crippen molar-refractivity contribution in [1.82, 2.24) is 10.3 Å². The molecule has 0 aliphatic heterocycles. The number of halogens is 1. The number of hydrogen-bond acceptors (Lipinski definition) is 4. The Morgan fingerprint density at radius 1 is 1.50 bits per heavy atom.